The van der Waals surface area contributed by atoms with Gasteiger partial charge in [-0.3, -0.25) is 4.90 Å². The maximum absolute atomic E-state index is 4.16. The maximum atomic E-state index is 4.16. The number of piperidine rings is 1. The molecule has 0 aliphatic carbocycles. The molecule has 0 spiro atoms. The Morgan fingerprint density at radius 3 is 2.82 bits per heavy atom. The van der Waals surface area contributed by atoms with E-state index in [9.17, 15) is 0 Å². The molecule has 1 aliphatic rings. The summed E-state index contributed by atoms with van der Waals surface area (Å²) in [5.74, 6) is 1.89. The third-order valence-corrected chi connectivity index (χ3v) is 3.59. The molecule has 1 aromatic rings. The van der Waals surface area contributed by atoms with Crippen molar-refractivity contribution in [3.05, 3.63) is 12.2 Å². The second-order valence-corrected chi connectivity index (χ2v) is 4.88. The first-order valence-electron chi connectivity index (χ1n) is 6.55. The van der Waals surface area contributed by atoms with Crippen LogP contribution in [0.3, 0.4) is 0 Å². The van der Waals surface area contributed by atoms with E-state index in [2.05, 4.69) is 27.3 Å². The highest BCUT2D eigenvalue weighted by Gasteiger charge is 2.17. The zero-order valence-corrected chi connectivity index (χ0v) is 10.9. The Morgan fingerprint density at radius 1 is 1.47 bits per heavy atom. The van der Waals surface area contributed by atoms with Gasteiger partial charge < -0.3 is 9.88 Å². The number of rotatable bonds is 5. The van der Waals surface area contributed by atoms with E-state index >= 15 is 0 Å². The standard InChI is InChI=1S/C12H23N5/c1-3-17(8-11-4-6-13-7-5-11)9-12-15-14-10-16(12)2/h10-11,13H,3-9H2,1-2H3. The SMILES string of the molecule is CCN(Cc1nncn1C)CC1CCNCC1. The Hall–Kier alpha value is -0.940. The minimum absolute atomic E-state index is 0.837. The summed E-state index contributed by atoms with van der Waals surface area (Å²) in [6, 6.07) is 0. The summed E-state index contributed by atoms with van der Waals surface area (Å²) in [7, 11) is 2.01. The third-order valence-electron chi connectivity index (χ3n) is 3.59. The van der Waals surface area contributed by atoms with Gasteiger partial charge in [0.25, 0.3) is 0 Å². The smallest absolute Gasteiger partial charge is 0.146 e. The molecule has 0 bridgehead atoms. The van der Waals surface area contributed by atoms with Crippen molar-refractivity contribution in [3.63, 3.8) is 0 Å². The number of nitrogens with one attached hydrogen (secondary N) is 1. The summed E-state index contributed by atoms with van der Waals surface area (Å²) in [5, 5.41) is 11.5. The molecule has 0 aromatic carbocycles. The van der Waals surface area contributed by atoms with Gasteiger partial charge >= 0.3 is 0 Å². The quantitative estimate of drug-likeness (QED) is 0.816. The number of nitrogens with zero attached hydrogens (tertiary/aromatic N) is 4. The van der Waals surface area contributed by atoms with Crippen LogP contribution in [0.25, 0.3) is 0 Å². The zero-order valence-electron chi connectivity index (χ0n) is 10.9. The first-order valence-corrected chi connectivity index (χ1v) is 6.55. The van der Waals surface area contributed by atoms with Gasteiger partial charge in [0.1, 0.15) is 12.2 Å². The molecule has 2 rings (SSSR count). The van der Waals surface area contributed by atoms with Crippen molar-refractivity contribution >= 4 is 0 Å². The molecule has 0 saturated carbocycles. The van der Waals surface area contributed by atoms with Gasteiger partial charge in [-0.05, 0) is 38.4 Å². The lowest BCUT2D eigenvalue weighted by molar-refractivity contribution is 0.201. The minimum atomic E-state index is 0.837. The van der Waals surface area contributed by atoms with Crippen LogP contribution in [-0.2, 0) is 13.6 Å². The van der Waals surface area contributed by atoms with Crippen LogP contribution in [0.5, 0.6) is 0 Å². The summed E-state index contributed by atoms with van der Waals surface area (Å²) < 4.78 is 2.01. The molecular formula is C12H23N5. The Balaban J connectivity index is 1.85. The first-order chi connectivity index (χ1) is 8.29. The molecule has 2 heterocycles. The van der Waals surface area contributed by atoms with E-state index in [1.165, 1.54) is 32.5 Å². The van der Waals surface area contributed by atoms with Crippen molar-refractivity contribution < 1.29 is 0 Å². The summed E-state index contributed by atoms with van der Waals surface area (Å²) in [6.45, 7) is 7.74. The third kappa shape index (κ3) is 3.51. The fraction of sp³-hybridized carbons (Fsp3) is 0.833. The van der Waals surface area contributed by atoms with Crippen LogP contribution >= 0.6 is 0 Å². The molecule has 0 atom stereocenters. The molecule has 1 aliphatic heterocycles. The van der Waals surface area contributed by atoms with Gasteiger partial charge in [-0.2, -0.15) is 0 Å². The van der Waals surface area contributed by atoms with Gasteiger partial charge in [0, 0.05) is 13.6 Å². The Labute approximate surface area is 103 Å². The Bertz CT molecular complexity index is 329. The lowest BCUT2D eigenvalue weighted by Gasteiger charge is -2.28. The lowest BCUT2D eigenvalue weighted by Crippen LogP contribution is -2.36. The summed E-state index contributed by atoms with van der Waals surface area (Å²) >= 11 is 0. The largest absolute Gasteiger partial charge is 0.320 e. The summed E-state index contributed by atoms with van der Waals surface area (Å²) in [6.07, 6.45) is 4.37. The van der Waals surface area contributed by atoms with Crippen molar-refractivity contribution in [2.75, 3.05) is 26.2 Å². The highest BCUT2D eigenvalue weighted by atomic mass is 15.3. The van der Waals surface area contributed by atoms with Crippen molar-refractivity contribution in [1.82, 2.24) is 25.0 Å². The van der Waals surface area contributed by atoms with Gasteiger partial charge in [-0.25, -0.2) is 0 Å². The molecule has 0 amide bonds. The van der Waals surface area contributed by atoms with Gasteiger partial charge in [0.2, 0.25) is 0 Å². The minimum Gasteiger partial charge on any atom is -0.320 e. The highest BCUT2D eigenvalue weighted by Crippen LogP contribution is 2.14. The molecule has 1 fully saturated rings. The molecule has 1 saturated heterocycles. The number of hydrogen-bond acceptors (Lipinski definition) is 4. The molecular weight excluding hydrogens is 214 g/mol. The van der Waals surface area contributed by atoms with Crippen LogP contribution in [0.1, 0.15) is 25.6 Å². The van der Waals surface area contributed by atoms with Crippen LogP contribution in [0.2, 0.25) is 0 Å². The molecule has 0 unspecified atom stereocenters. The predicted octanol–water partition coefficient (Wildman–Crippen LogP) is 0.637. The normalized spacial score (nSPS) is 17.8. The van der Waals surface area contributed by atoms with Crippen LogP contribution in [0, 0.1) is 5.92 Å². The molecule has 5 nitrogen and oxygen atoms in total. The number of hydrogen-bond donors (Lipinski definition) is 1. The predicted molar refractivity (Wildman–Crippen MR) is 67.5 cm³/mol. The van der Waals surface area contributed by atoms with Crippen molar-refractivity contribution in [2.24, 2.45) is 13.0 Å². The number of aryl methyl sites for hydroxylation is 1. The Kier molecular flexibility index (Phi) is 4.50. The van der Waals surface area contributed by atoms with Crippen molar-refractivity contribution in [2.45, 2.75) is 26.3 Å². The lowest BCUT2D eigenvalue weighted by atomic mass is 9.97. The van der Waals surface area contributed by atoms with Crippen LogP contribution < -0.4 is 5.32 Å². The van der Waals surface area contributed by atoms with Gasteiger partial charge in [0.05, 0.1) is 6.54 Å². The fourth-order valence-electron chi connectivity index (χ4n) is 2.39. The van der Waals surface area contributed by atoms with E-state index in [0.29, 0.717) is 0 Å². The summed E-state index contributed by atoms with van der Waals surface area (Å²) in [4.78, 5) is 2.47. The molecule has 1 aromatic heterocycles. The van der Waals surface area contributed by atoms with E-state index in [0.717, 1.165) is 24.8 Å². The molecule has 17 heavy (non-hydrogen) atoms. The Morgan fingerprint density at radius 2 is 2.24 bits per heavy atom. The van der Waals surface area contributed by atoms with E-state index in [1.807, 2.05) is 11.6 Å². The van der Waals surface area contributed by atoms with Crippen molar-refractivity contribution in [1.29, 1.82) is 0 Å². The second kappa shape index (κ2) is 6.12. The van der Waals surface area contributed by atoms with Gasteiger partial charge in [-0.15, -0.1) is 10.2 Å². The zero-order chi connectivity index (χ0) is 12.1. The molecule has 1 N–H and O–H groups in total. The average molecular weight is 237 g/mol. The monoisotopic (exact) mass is 237 g/mol. The maximum Gasteiger partial charge on any atom is 0.146 e. The summed E-state index contributed by atoms with van der Waals surface area (Å²) in [5.41, 5.74) is 0. The van der Waals surface area contributed by atoms with E-state index in [4.69, 9.17) is 0 Å². The molecule has 5 heteroatoms. The molecule has 0 radical (unpaired) electrons. The topological polar surface area (TPSA) is 46.0 Å². The first kappa shape index (κ1) is 12.5. The van der Waals surface area contributed by atoms with E-state index in [-0.39, 0.29) is 0 Å². The van der Waals surface area contributed by atoms with Crippen LogP contribution in [-0.4, -0.2) is 45.8 Å². The van der Waals surface area contributed by atoms with Crippen LogP contribution in [0.4, 0.5) is 0 Å². The van der Waals surface area contributed by atoms with Crippen LogP contribution in [0.15, 0.2) is 6.33 Å². The molecule has 96 valence electrons. The fourth-order valence-corrected chi connectivity index (χ4v) is 2.39. The number of aromatic nitrogens is 3. The van der Waals surface area contributed by atoms with Crippen molar-refractivity contribution in [3.8, 4) is 0 Å². The van der Waals surface area contributed by atoms with Gasteiger partial charge in [-0.1, -0.05) is 6.92 Å². The van der Waals surface area contributed by atoms with E-state index < -0.39 is 0 Å². The highest BCUT2D eigenvalue weighted by molar-refractivity contribution is 4.85. The van der Waals surface area contributed by atoms with E-state index in [1.54, 1.807) is 6.33 Å². The second-order valence-electron chi connectivity index (χ2n) is 4.88. The van der Waals surface area contributed by atoms with Gasteiger partial charge in [0.15, 0.2) is 0 Å². The average Bonchev–Trinajstić information content (AvgIpc) is 2.75.